The Labute approximate surface area is 114 Å². The molecule has 0 amide bonds. The molecule has 0 saturated carbocycles. The second kappa shape index (κ2) is 4.42. The number of hydrogen-bond donors (Lipinski definition) is 2. The Kier molecular flexibility index (Phi) is 2.71. The summed E-state index contributed by atoms with van der Waals surface area (Å²) in [5.41, 5.74) is 1.70. The molecule has 0 radical (unpaired) electrons. The van der Waals surface area contributed by atoms with Crippen LogP contribution in [0.1, 0.15) is 5.56 Å². The van der Waals surface area contributed by atoms with E-state index in [1.54, 1.807) is 12.1 Å². The highest BCUT2D eigenvalue weighted by Crippen LogP contribution is 2.33. The van der Waals surface area contributed by atoms with E-state index in [-0.39, 0.29) is 11.3 Å². The number of rotatable bonds is 1. The monoisotopic (exact) mass is 268 g/mol. The van der Waals surface area contributed by atoms with E-state index in [9.17, 15) is 15.0 Å². The van der Waals surface area contributed by atoms with Crippen molar-refractivity contribution in [2.45, 2.75) is 6.92 Å². The zero-order valence-electron chi connectivity index (χ0n) is 10.8. The Hall–Kier alpha value is -2.75. The van der Waals surface area contributed by atoms with Crippen LogP contribution in [0.5, 0.6) is 11.5 Å². The molecular formula is C16H12O4. The molecular weight excluding hydrogens is 256 g/mol. The molecule has 1 heterocycles. The molecule has 0 fully saturated rings. The predicted molar refractivity (Wildman–Crippen MR) is 76.0 cm³/mol. The van der Waals surface area contributed by atoms with Gasteiger partial charge in [-0.15, -0.1) is 0 Å². The molecule has 0 bridgehead atoms. The Morgan fingerprint density at radius 1 is 1.00 bits per heavy atom. The van der Waals surface area contributed by atoms with Crippen LogP contribution in [0.2, 0.25) is 0 Å². The summed E-state index contributed by atoms with van der Waals surface area (Å²) in [4.78, 5) is 12.0. The minimum atomic E-state index is -0.553. The maximum absolute atomic E-state index is 12.0. The van der Waals surface area contributed by atoms with Gasteiger partial charge in [0.15, 0.2) is 11.3 Å². The SMILES string of the molecule is Cc1ccc(-c2cc3ccc(O)c(O)c3oc2=O)cc1. The topological polar surface area (TPSA) is 70.7 Å². The second-order valence-corrected chi connectivity index (χ2v) is 4.67. The second-order valence-electron chi connectivity index (χ2n) is 4.67. The van der Waals surface area contributed by atoms with Gasteiger partial charge in [-0.2, -0.15) is 0 Å². The Morgan fingerprint density at radius 3 is 2.40 bits per heavy atom. The number of fused-ring (bicyclic) bond motifs is 1. The van der Waals surface area contributed by atoms with Crippen molar-refractivity contribution in [3.63, 3.8) is 0 Å². The van der Waals surface area contributed by atoms with Crippen molar-refractivity contribution in [1.82, 2.24) is 0 Å². The highest BCUT2D eigenvalue weighted by Gasteiger charge is 2.12. The van der Waals surface area contributed by atoms with Gasteiger partial charge in [0.1, 0.15) is 0 Å². The molecule has 0 unspecified atom stereocenters. The van der Waals surface area contributed by atoms with Crippen LogP contribution in [0.4, 0.5) is 0 Å². The fraction of sp³-hybridized carbons (Fsp3) is 0.0625. The van der Waals surface area contributed by atoms with Gasteiger partial charge in [0.05, 0.1) is 5.56 Å². The Morgan fingerprint density at radius 2 is 1.70 bits per heavy atom. The van der Waals surface area contributed by atoms with E-state index in [0.29, 0.717) is 10.9 Å². The van der Waals surface area contributed by atoms with Gasteiger partial charge in [-0.1, -0.05) is 29.8 Å². The number of phenols is 2. The predicted octanol–water partition coefficient (Wildman–Crippen LogP) is 3.18. The summed E-state index contributed by atoms with van der Waals surface area (Å²) in [6.45, 7) is 1.97. The highest BCUT2D eigenvalue weighted by atomic mass is 16.4. The van der Waals surface area contributed by atoms with Crippen molar-refractivity contribution >= 4 is 11.0 Å². The summed E-state index contributed by atoms with van der Waals surface area (Å²) in [6.07, 6.45) is 0. The molecule has 0 aliphatic heterocycles. The lowest BCUT2D eigenvalue weighted by atomic mass is 10.0. The number of benzene rings is 2. The summed E-state index contributed by atoms with van der Waals surface area (Å²) < 4.78 is 5.12. The van der Waals surface area contributed by atoms with Crippen LogP contribution in [-0.2, 0) is 0 Å². The van der Waals surface area contributed by atoms with Crippen LogP contribution in [0.25, 0.3) is 22.1 Å². The summed E-state index contributed by atoms with van der Waals surface area (Å²) >= 11 is 0. The van der Waals surface area contributed by atoms with Gasteiger partial charge in [-0.05, 0) is 30.7 Å². The third-order valence-corrected chi connectivity index (χ3v) is 3.22. The van der Waals surface area contributed by atoms with Gasteiger partial charge in [-0.3, -0.25) is 0 Å². The van der Waals surface area contributed by atoms with Gasteiger partial charge in [0, 0.05) is 5.39 Å². The number of aromatic hydroxyl groups is 2. The fourth-order valence-electron chi connectivity index (χ4n) is 2.09. The molecule has 1 aromatic heterocycles. The minimum Gasteiger partial charge on any atom is -0.504 e. The molecule has 3 aromatic rings. The number of hydrogen-bond acceptors (Lipinski definition) is 4. The normalized spacial score (nSPS) is 10.8. The molecule has 0 aliphatic carbocycles. The van der Waals surface area contributed by atoms with Crippen molar-refractivity contribution in [1.29, 1.82) is 0 Å². The highest BCUT2D eigenvalue weighted by molar-refractivity contribution is 5.87. The van der Waals surface area contributed by atoms with Gasteiger partial charge in [-0.25, -0.2) is 4.79 Å². The van der Waals surface area contributed by atoms with E-state index >= 15 is 0 Å². The first-order chi connectivity index (χ1) is 9.56. The van der Waals surface area contributed by atoms with E-state index in [0.717, 1.165) is 11.1 Å². The molecule has 2 N–H and O–H groups in total. The Bertz CT molecular complexity index is 845. The maximum atomic E-state index is 12.0. The van der Waals surface area contributed by atoms with Crippen LogP contribution in [0.15, 0.2) is 51.7 Å². The van der Waals surface area contributed by atoms with Crippen LogP contribution >= 0.6 is 0 Å². The van der Waals surface area contributed by atoms with Crippen molar-refractivity contribution in [3.8, 4) is 22.6 Å². The largest absolute Gasteiger partial charge is 0.504 e. The number of phenolic OH excluding ortho intramolecular Hbond substituents is 2. The van der Waals surface area contributed by atoms with E-state index in [1.165, 1.54) is 6.07 Å². The molecule has 0 spiro atoms. The van der Waals surface area contributed by atoms with Crippen molar-refractivity contribution in [3.05, 3.63) is 58.4 Å². The standard InChI is InChI=1S/C16H12O4/c1-9-2-4-10(5-3-9)12-8-11-6-7-13(17)14(18)15(11)20-16(12)19/h2-8,17-18H,1H3. The van der Waals surface area contributed by atoms with Gasteiger partial charge < -0.3 is 14.6 Å². The lowest BCUT2D eigenvalue weighted by Gasteiger charge is -2.05. The average Bonchev–Trinajstić information content (AvgIpc) is 2.44. The maximum Gasteiger partial charge on any atom is 0.344 e. The van der Waals surface area contributed by atoms with E-state index in [4.69, 9.17) is 4.42 Å². The zero-order chi connectivity index (χ0) is 14.3. The third kappa shape index (κ3) is 1.91. The van der Waals surface area contributed by atoms with Crippen LogP contribution in [-0.4, -0.2) is 10.2 Å². The molecule has 0 aliphatic rings. The smallest absolute Gasteiger partial charge is 0.344 e. The summed E-state index contributed by atoms with van der Waals surface area (Å²) in [6, 6.07) is 12.1. The molecule has 0 atom stereocenters. The van der Waals surface area contributed by atoms with Crippen molar-refractivity contribution in [2.75, 3.05) is 0 Å². The summed E-state index contributed by atoms with van der Waals surface area (Å²) in [5.74, 6) is -0.737. The number of aryl methyl sites for hydroxylation is 1. The first kappa shape index (κ1) is 12.3. The average molecular weight is 268 g/mol. The van der Waals surface area contributed by atoms with E-state index in [2.05, 4.69) is 0 Å². The first-order valence-electron chi connectivity index (χ1n) is 6.12. The summed E-state index contributed by atoms with van der Waals surface area (Å²) in [7, 11) is 0. The van der Waals surface area contributed by atoms with Gasteiger partial charge >= 0.3 is 5.63 Å². The molecule has 100 valence electrons. The molecule has 4 nitrogen and oxygen atoms in total. The first-order valence-corrected chi connectivity index (χ1v) is 6.12. The van der Waals surface area contributed by atoms with E-state index < -0.39 is 11.4 Å². The minimum absolute atomic E-state index is 0.00846. The third-order valence-electron chi connectivity index (χ3n) is 3.22. The van der Waals surface area contributed by atoms with Crippen molar-refractivity contribution < 1.29 is 14.6 Å². The van der Waals surface area contributed by atoms with Gasteiger partial charge in [0.25, 0.3) is 0 Å². The molecule has 4 heteroatoms. The van der Waals surface area contributed by atoms with Gasteiger partial charge in [0.2, 0.25) is 5.75 Å². The van der Waals surface area contributed by atoms with Crippen LogP contribution in [0, 0.1) is 6.92 Å². The van der Waals surface area contributed by atoms with Crippen LogP contribution in [0.3, 0.4) is 0 Å². The zero-order valence-corrected chi connectivity index (χ0v) is 10.8. The molecule has 0 saturated heterocycles. The quantitative estimate of drug-likeness (QED) is 0.525. The molecule has 3 rings (SSSR count). The molecule has 2 aromatic carbocycles. The fourth-order valence-corrected chi connectivity index (χ4v) is 2.09. The van der Waals surface area contributed by atoms with E-state index in [1.807, 2.05) is 31.2 Å². The lowest BCUT2D eigenvalue weighted by molar-refractivity contribution is 0.398. The summed E-state index contributed by atoms with van der Waals surface area (Å²) in [5, 5.41) is 19.7. The molecule has 20 heavy (non-hydrogen) atoms. The Balaban J connectivity index is 2.28. The lowest BCUT2D eigenvalue weighted by Crippen LogP contribution is -2.02. The van der Waals surface area contributed by atoms with Crippen molar-refractivity contribution in [2.24, 2.45) is 0 Å². The van der Waals surface area contributed by atoms with Crippen LogP contribution < -0.4 is 5.63 Å².